The fourth-order valence-electron chi connectivity index (χ4n) is 4.29. The number of nitrogens with one attached hydrogen (secondary N) is 2. The monoisotopic (exact) mass is 601 g/mol. The van der Waals surface area contributed by atoms with E-state index in [0.29, 0.717) is 29.5 Å². The highest BCUT2D eigenvalue weighted by Gasteiger charge is 2.25. The Hall–Kier alpha value is -4.22. The van der Waals surface area contributed by atoms with Gasteiger partial charge in [0.1, 0.15) is 5.60 Å². The van der Waals surface area contributed by atoms with Gasteiger partial charge in [-0.3, -0.25) is 14.6 Å². The quantitative estimate of drug-likeness (QED) is 0.275. The van der Waals surface area contributed by atoms with Crippen molar-refractivity contribution in [1.82, 2.24) is 20.2 Å². The Morgan fingerprint density at radius 1 is 1.00 bits per heavy atom. The molecule has 3 heterocycles. The average molecular weight is 602 g/mol. The Kier molecular flexibility index (Phi) is 8.89. The standard InChI is InChI=1S/C31H31N5O4S2/c1-31(2,3)40-30(39)36-13-14-41-26-16-23(7-8-24(26)18-36)28(38)33-17-27(37)35-29-34-25(19-42-29)22-6-4-5-21(15-22)20-9-11-32-12-10-20/h4-12,15-16,19H,13-14,17-18H2,1-3H3,(H,33,38)(H,34,35,37). The molecular weight excluding hydrogens is 571 g/mol. The van der Waals surface area contributed by atoms with Crippen LogP contribution in [0.5, 0.6) is 0 Å². The summed E-state index contributed by atoms with van der Waals surface area (Å²) >= 11 is 2.91. The molecule has 2 aromatic heterocycles. The first-order valence-corrected chi connectivity index (χ1v) is 15.3. The molecule has 5 rings (SSSR count). The van der Waals surface area contributed by atoms with E-state index in [-0.39, 0.29) is 24.5 Å². The van der Waals surface area contributed by atoms with Crippen molar-refractivity contribution in [3.8, 4) is 22.4 Å². The van der Waals surface area contributed by atoms with Gasteiger partial charge < -0.3 is 20.3 Å². The summed E-state index contributed by atoms with van der Waals surface area (Å²) in [6.07, 6.45) is 3.16. The molecule has 4 aromatic rings. The van der Waals surface area contributed by atoms with Gasteiger partial charge >= 0.3 is 6.09 Å². The topological polar surface area (TPSA) is 114 Å². The maximum atomic E-state index is 12.8. The second-order valence-corrected chi connectivity index (χ2v) is 12.7. The fourth-order valence-corrected chi connectivity index (χ4v) is 6.08. The van der Waals surface area contributed by atoms with Crippen LogP contribution in [0, 0.1) is 0 Å². The minimum Gasteiger partial charge on any atom is -0.444 e. The summed E-state index contributed by atoms with van der Waals surface area (Å²) in [6.45, 7) is 6.29. The molecular formula is C31H31N5O4S2. The number of thioether (sulfide) groups is 1. The molecule has 11 heteroatoms. The number of hydrogen-bond acceptors (Lipinski definition) is 8. The Balaban J connectivity index is 1.16. The SMILES string of the molecule is CC(C)(C)OC(=O)N1CCSc2cc(C(=O)NCC(=O)Nc3nc(-c4cccc(-c5ccncc5)c4)cs3)ccc2C1. The van der Waals surface area contributed by atoms with Crippen LogP contribution in [-0.4, -0.2) is 57.2 Å². The molecule has 3 amide bonds. The zero-order valence-corrected chi connectivity index (χ0v) is 25.2. The van der Waals surface area contributed by atoms with E-state index >= 15 is 0 Å². The number of ether oxygens (including phenoxy) is 1. The maximum absolute atomic E-state index is 12.8. The number of aromatic nitrogens is 2. The minimum atomic E-state index is -0.567. The molecule has 0 spiro atoms. The zero-order chi connectivity index (χ0) is 29.7. The van der Waals surface area contributed by atoms with E-state index in [2.05, 4.69) is 20.6 Å². The Morgan fingerprint density at radius 3 is 2.57 bits per heavy atom. The molecule has 0 bridgehead atoms. The normalized spacial score (nSPS) is 13.1. The van der Waals surface area contributed by atoms with Crippen LogP contribution in [-0.2, 0) is 16.1 Å². The van der Waals surface area contributed by atoms with Crippen LogP contribution in [0.1, 0.15) is 36.7 Å². The second-order valence-electron chi connectivity index (χ2n) is 10.7. The molecule has 0 aliphatic carbocycles. The van der Waals surface area contributed by atoms with E-state index in [9.17, 15) is 14.4 Å². The summed E-state index contributed by atoms with van der Waals surface area (Å²) in [7, 11) is 0. The van der Waals surface area contributed by atoms with Crippen LogP contribution < -0.4 is 10.6 Å². The first-order chi connectivity index (χ1) is 20.1. The van der Waals surface area contributed by atoms with Crippen LogP contribution in [0.25, 0.3) is 22.4 Å². The molecule has 216 valence electrons. The van der Waals surface area contributed by atoms with E-state index in [0.717, 1.165) is 32.8 Å². The molecule has 1 aliphatic heterocycles. The molecule has 1 aliphatic rings. The van der Waals surface area contributed by atoms with Gasteiger partial charge in [-0.05, 0) is 67.8 Å². The van der Waals surface area contributed by atoms with Crippen molar-refractivity contribution in [1.29, 1.82) is 0 Å². The lowest BCUT2D eigenvalue weighted by Crippen LogP contribution is -2.37. The largest absolute Gasteiger partial charge is 0.444 e. The number of carbonyl (C=O) groups excluding carboxylic acids is 3. The highest BCUT2D eigenvalue weighted by atomic mass is 32.2. The molecule has 9 nitrogen and oxygen atoms in total. The van der Waals surface area contributed by atoms with E-state index < -0.39 is 5.60 Å². The Labute approximate surface area is 252 Å². The highest BCUT2D eigenvalue weighted by molar-refractivity contribution is 7.99. The number of carbonyl (C=O) groups is 3. The van der Waals surface area contributed by atoms with Gasteiger partial charge in [0.25, 0.3) is 5.91 Å². The van der Waals surface area contributed by atoms with Crippen LogP contribution in [0.2, 0.25) is 0 Å². The molecule has 0 atom stereocenters. The molecule has 0 saturated carbocycles. The van der Waals surface area contributed by atoms with Crippen LogP contribution in [0.4, 0.5) is 9.93 Å². The van der Waals surface area contributed by atoms with Crippen LogP contribution >= 0.6 is 23.1 Å². The molecule has 0 radical (unpaired) electrons. The molecule has 2 N–H and O–H groups in total. The van der Waals surface area contributed by atoms with Gasteiger partial charge in [0, 0.05) is 46.1 Å². The maximum Gasteiger partial charge on any atom is 0.410 e. The number of pyridine rings is 1. The molecule has 0 unspecified atom stereocenters. The van der Waals surface area contributed by atoms with Gasteiger partial charge in [-0.15, -0.1) is 23.1 Å². The van der Waals surface area contributed by atoms with E-state index in [4.69, 9.17) is 4.74 Å². The smallest absolute Gasteiger partial charge is 0.410 e. The number of nitrogens with zero attached hydrogens (tertiary/aromatic N) is 3. The first kappa shape index (κ1) is 29.3. The van der Waals surface area contributed by atoms with Gasteiger partial charge in [0.2, 0.25) is 5.91 Å². The van der Waals surface area contributed by atoms with E-state index in [1.807, 2.05) is 68.6 Å². The fraction of sp³-hybridized carbons (Fsp3) is 0.258. The highest BCUT2D eigenvalue weighted by Crippen LogP contribution is 2.30. The average Bonchev–Trinajstić information content (AvgIpc) is 3.32. The van der Waals surface area contributed by atoms with Gasteiger partial charge in [0.15, 0.2) is 5.13 Å². The predicted octanol–water partition coefficient (Wildman–Crippen LogP) is 6.08. The van der Waals surface area contributed by atoms with Crippen molar-refractivity contribution in [2.45, 2.75) is 37.8 Å². The predicted molar refractivity (Wildman–Crippen MR) is 166 cm³/mol. The minimum absolute atomic E-state index is 0.193. The Bertz CT molecular complexity index is 1600. The second kappa shape index (κ2) is 12.7. The number of rotatable bonds is 6. The van der Waals surface area contributed by atoms with Crippen molar-refractivity contribution >= 4 is 46.1 Å². The number of benzene rings is 2. The van der Waals surface area contributed by atoms with E-state index in [1.54, 1.807) is 41.2 Å². The summed E-state index contributed by atoms with van der Waals surface area (Å²) in [6, 6.07) is 17.3. The summed E-state index contributed by atoms with van der Waals surface area (Å²) in [5, 5.41) is 7.79. The van der Waals surface area contributed by atoms with Gasteiger partial charge in [-0.2, -0.15) is 0 Å². The van der Waals surface area contributed by atoms with Gasteiger partial charge in [-0.1, -0.05) is 24.3 Å². The van der Waals surface area contributed by atoms with Crippen molar-refractivity contribution in [2.24, 2.45) is 0 Å². The van der Waals surface area contributed by atoms with Crippen molar-refractivity contribution in [3.63, 3.8) is 0 Å². The third kappa shape index (κ3) is 7.54. The molecule has 0 saturated heterocycles. The molecule has 0 fully saturated rings. The third-order valence-corrected chi connectivity index (χ3v) is 8.13. The van der Waals surface area contributed by atoms with Gasteiger partial charge in [-0.25, -0.2) is 9.78 Å². The molecule has 2 aromatic carbocycles. The van der Waals surface area contributed by atoms with Crippen molar-refractivity contribution in [3.05, 3.63) is 83.5 Å². The van der Waals surface area contributed by atoms with Crippen LogP contribution in [0.15, 0.2) is 77.3 Å². The summed E-state index contributed by atoms with van der Waals surface area (Å²) < 4.78 is 5.52. The molecule has 42 heavy (non-hydrogen) atoms. The van der Waals surface area contributed by atoms with Crippen molar-refractivity contribution < 1.29 is 19.1 Å². The number of fused-ring (bicyclic) bond motifs is 1. The zero-order valence-electron chi connectivity index (χ0n) is 23.5. The van der Waals surface area contributed by atoms with E-state index in [1.165, 1.54) is 11.3 Å². The number of thiazole rings is 1. The lowest BCUT2D eigenvalue weighted by molar-refractivity contribution is -0.115. The lowest BCUT2D eigenvalue weighted by atomic mass is 10.0. The Morgan fingerprint density at radius 2 is 1.79 bits per heavy atom. The number of amides is 3. The number of hydrogen-bond donors (Lipinski definition) is 2. The lowest BCUT2D eigenvalue weighted by Gasteiger charge is -2.26. The van der Waals surface area contributed by atoms with Gasteiger partial charge in [0.05, 0.1) is 18.8 Å². The summed E-state index contributed by atoms with van der Waals surface area (Å²) in [5.41, 5.74) is 4.62. The third-order valence-electron chi connectivity index (χ3n) is 6.29. The van der Waals surface area contributed by atoms with Crippen molar-refractivity contribution in [2.75, 3.05) is 24.2 Å². The summed E-state index contributed by atoms with van der Waals surface area (Å²) in [5.74, 6) is -0.0368. The first-order valence-electron chi connectivity index (χ1n) is 13.4. The summed E-state index contributed by atoms with van der Waals surface area (Å²) in [4.78, 5) is 49.2. The number of anilines is 1. The van der Waals surface area contributed by atoms with Crippen LogP contribution in [0.3, 0.4) is 0 Å².